The third-order valence-electron chi connectivity index (χ3n) is 3.02. The lowest BCUT2D eigenvalue weighted by molar-refractivity contribution is 0.296. The minimum absolute atomic E-state index is 0.708. The predicted molar refractivity (Wildman–Crippen MR) is 70.6 cm³/mol. The predicted octanol–water partition coefficient (Wildman–Crippen LogP) is 3.49. The second kappa shape index (κ2) is 5.09. The van der Waals surface area contributed by atoms with Gasteiger partial charge in [0, 0.05) is 11.4 Å². The first-order chi connectivity index (χ1) is 8.16. The van der Waals surface area contributed by atoms with Crippen molar-refractivity contribution in [1.29, 1.82) is 0 Å². The van der Waals surface area contributed by atoms with Crippen LogP contribution in [0, 0.1) is 20.8 Å². The highest BCUT2D eigenvalue weighted by molar-refractivity contribution is 5.26. The summed E-state index contributed by atoms with van der Waals surface area (Å²) < 4.78 is 8.00. The zero-order valence-electron chi connectivity index (χ0n) is 10.7. The van der Waals surface area contributed by atoms with Crippen molar-refractivity contribution in [2.75, 3.05) is 6.61 Å². The second-order valence-corrected chi connectivity index (χ2v) is 4.43. The van der Waals surface area contributed by atoms with Gasteiger partial charge in [0.1, 0.15) is 12.4 Å². The summed E-state index contributed by atoms with van der Waals surface area (Å²) >= 11 is 0. The molecule has 0 amide bonds. The summed E-state index contributed by atoms with van der Waals surface area (Å²) in [5.41, 5.74) is 3.83. The van der Waals surface area contributed by atoms with E-state index < -0.39 is 0 Å². The lowest BCUT2D eigenvalue weighted by Crippen LogP contribution is -2.10. The Bertz CT molecular complexity index is 463. The lowest BCUT2D eigenvalue weighted by atomic mass is 10.2. The molecule has 0 unspecified atom stereocenters. The molecule has 90 valence electrons. The van der Waals surface area contributed by atoms with Crippen LogP contribution in [0.4, 0.5) is 0 Å². The molecule has 0 fully saturated rings. The van der Waals surface area contributed by atoms with Gasteiger partial charge in [0.15, 0.2) is 0 Å². The lowest BCUT2D eigenvalue weighted by Gasteiger charge is -2.10. The zero-order chi connectivity index (χ0) is 12.3. The molecule has 0 N–H and O–H groups in total. The summed E-state index contributed by atoms with van der Waals surface area (Å²) in [7, 11) is 0. The van der Waals surface area contributed by atoms with E-state index in [2.05, 4.69) is 49.6 Å². The average molecular weight is 229 g/mol. The van der Waals surface area contributed by atoms with Crippen molar-refractivity contribution in [2.45, 2.75) is 27.3 Å². The Labute approximate surface area is 103 Å². The van der Waals surface area contributed by atoms with Gasteiger partial charge in [-0.1, -0.05) is 17.7 Å². The number of nitrogens with zero attached hydrogens (tertiary/aromatic N) is 1. The second-order valence-electron chi connectivity index (χ2n) is 4.43. The van der Waals surface area contributed by atoms with Crippen molar-refractivity contribution in [3.63, 3.8) is 0 Å². The van der Waals surface area contributed by atoms with Gasteiger partial charge in [-0.15, -0.1) is 0 Å². The first-order valence-electron chi connectivity index (χ1n) is 5.99. The van der Waals surface area contributed by atoms with Gasteiger partial charge in [-0.25, -0.2) is 0 Å². The summed E-state index contributed by atoms with van der Waals surface area (Å²) in [5, 5.41) is 0. The molecule has 0 bridgehead atoms. The van der Waals surface area contributed by atoms with E-state index in [4.69, 9.17) is 4.74 Å². The van der Waals surface area contributed by atoms with Gasteiger partial charge >= 0.3 is 0 Å². The Morgan fingerprint density at radius 2 is 1.47 bits per heavy atom. The summed E-state index contributed by atoms with van der Waals surface area (Å²) in [6, 6.07) is 12.5. The highest BCUT2D eigenvalue weighted by atomic mass is 16.5. The molecule has 0 saturated heterocycles. The van der Waals surface area contributed by atoms with Crippen LogP contribution < -0.4 is 4.74 Å². The Morgan fingerprint density at radius 3 is 2.06 bits per heavy atom. The SMILES string of the molecule is Cc1ccc(OCCn2c(C)ccc2C)cc1. The Hall–Kier alpha value is -1.70. The van der Waals surface area contributed by atoms with Crippen LogP contribution in [0.5, 0.6) is 5.75 Å². The monoisotopic (exact) mass is 229 g/mol. The molecule has 2 heteroatoms. The smallest absolute Gasteiger partial charge is 0.119 e. The summed E-state index contributed by atoms with van der Waals surface area (Å²) in [6.07, 6.45) is 0. The van der Waals surface area contributed by atoms with Gasteiger partial charge in [-0.05, 0) is 45.0 Å². The van der Waals surface area contributed by atoms with Crippen molar-refractivity contribution in [2.24, 2.45) is 0 Å². The van der Waals surface area contributed by atoms with Crippen LogP contribution in [0.2, 0.25) is 0 Å². The molecule has 1 aromatic carbocycles. The van der Waals surface area contributed by atoms with Gasteiger partial charge in [0.05, 0.1) is 6.54 Å². The topological polar surface area (TPSA) is 14.2 Å². The molecule has 17 heavy (non-hydrogen) atoms. The fourth-order valence-corrected chi connectivity index (χ4v) is 1.94. The molecule has 0 aliphatic heterocycles. The molecule has 2 rings (SSSR count). The molecule has 1 aromatic heterocycles. The van der Waals surface area contributed by atoms with E-state index in [1.54, 1.807) is 0 Å². The highest BCUT2D eigenvalue weighted by Crippen LogP contribution is 2.12. The highest BCUT2D eigenvalue weighted by Gasteiger charge is 2.00. The molecule has 0 atom stereocenters. The van der Waals surface area contributed by atoms with E-state index in [0.717, 1.165) is 12.3 Å². The van der Waals surface area contributed by atoms with Crippen LogP contribution in [0.15, 0.2) is 36.4 Å². The van der Waals surface area contributed by atoms with Crippen molar-refractivity contribution in [3.05, 3.63) is 53.3 Å². The molecule has 0 spiro atoms. The van der Waals surface area contributed by atoms with E-state index >= 15 is 0 Å². The maximum absolute atomic E-state index is 5.72. The summed E-state index contributed by atoms with van der Waals surface area (Å²) in [5.74, 6) is 0.943. The summed E-state index contributed by atoms with van der Waals surface area (Å²) in [4.78, 5) is 0. The number of benzene rings is 1. The molecule has 0 saturated carbocycles. The fourth-order valence-electron chi connectivity index (χ4n) is 1.94. The maximum atomic E-state index is 5.72. The zero-order valence-corrected chi connectivity index (χ0v) is 10.7. The van der Waals surface area contributed by atoms with Gasteiger partial charge in [0.25, 0.3) is 0 Å². The minimum Gasteiger partial charge on any atom is -0.492 e. The summed E-state index contributed by atoms with van der Waals surface area (Å²) in [6.45, 7) is 7.94. The average Bonchev–Trinajstić information content (AvgIpc) is 2.63. The van der Waals surface area contributed by atoms with Crippen LogP contribution in [0.25, 0.3) is 0 Å². The number of aryl methyl sites for hydroxylation is 3. The normalized spacial score (nSPS) is 10.5. The third kappa shape index (κ3) is 2.90. The first-order valence-corrected chi connectivity index (χ1v) is 5.99. The molecule has 0 aliphatic rings. The number of rotatable bonds is 4. The molecular weight excluding hydrogens is 210 g/mol. The molecular formula is C15H19NO. The van der Waals surface area contributed by atoms with Gasteiger partial charge in [0.2, 0.25) is 0 Å². The van der Waals surface area contributed by atoms with Gasteiger partial charge in [-0.2, -0.15) is 0 Å². The van der Waals surface area contributed by atoms with Gasteiger partial charge in [-0.3, -0.25) is 0 Å². The third-order valence-corrected chi connectivity index (χ3v) is 3.02. The molecule has 2 nitrogen and oxygen atoms in total. The van der Waals surface area contributed by atoms with Crippen molar-refractivity contribution in [3.8, 4) is 5.75 Å². The van der Waals surface area contributed by atoms with E-state index in [1.165, 1.54) is 17.0 Å². The van der Waals surface area contributed by atoms with Crippen LogP contribution in [0.3, 0.4) is 0 Å². The number of hydrogen-bond donors (Lipinski definition) is 0. The van der Waals surface area contributed by atoms with Crippen molar-refractivity contribution < 1.29 is 4.74 Å². The minimum atomic E-state index is 0.708. The standard InChI is InChI=1S/C15H19NO/c1-12-4-8-15(9-5-12)17-11-10-16-13(2)6-7-14(16)3/h4-9H,10-11H2,1-3H3. The molecule has 0 radical (unpaired) electrons. The van der Waals surface area contributed by atoms with Crippen LogP contribution in [0.1, 0.15) is 17.0 Å². The van der Waals surface area contributed by atoms with Gasteiger partial charge < -0.3 is 9.30 Å². The van der Waals surface area contributed by atoms with Crippen LogP contribution in [-0.4, -0.2) is 11.2 Å². The van der Waals surface area contributed by atoms with E-state index in [0.29, 0.717) is 6.61 Å². The molecule has 0 aliphatic carbocycles. The van der Waals surface area contributed by atoms with Crippen LogP contribution in [-0.2, 0) is 6.54 Å². The number of hydrogen-bond acceptors (Lipinski definition) is 1. The van der Waals surface area contributed by atoms with Crippen LogP contribution >= 0.6 is 0 Å². The van der Waals surface area contributed by atoms with Crippen molar-refractivity contribution >= 4 is 0 Å². The maximum Gasteiger partial charge on any atom is 0.119 e. The van der Waals surface area contributed by atoms with E-state index in [9.17, 15) is 0 Å². The van der Waals surface area contributed by atoms with E-state index in [1.807, 2.05) is 12.1 Å². The Balaban J connectivity index is 1.90. The quantitative estimate of drug-likeness (QED) is 0.782. The van der Waals surface area contributed by atoms with Crippen molar-refractivity contribution in [1.82, 2.24) is 4.57 Å². The molecule has 1 heterocycles. The number of ether oxygens (including phenoxy) is 1. The Kier molecular flexibility index (Phi) is 3.52. The Morgan fingerprint density at radius 1 is 0.882 bits per heavy atom. The largest absolute Gasteiger partial charge is 0.492 e. The fraction of sp³-hybridized carbons (Fsp3) is 0.333. The van der Waals surface area contributed by atoms with E-state index in [-0.39, 0.29) is 0 Å². The number of aromatic nitrogens is 1. The molecule has 2 aromatic rings. The first kappa shape index (κ1) is 11.8.